The van der Waals surface area contributed by atoms with Gasteiger partial charge in [0, 0.05) is 22.0 Å². The Morgan fingerprint density at radius 1 is 1.07 bits per heavy atom. The van der Waals surface area contributed by atoms with Gasteiger partial charge in [-0.2, -0.15) is 0 Å². The van der Waals surface area contributed by atoms with Crippen molar-refractivity contribution in [1.82, 2.24) is 4.90 Å². The number of hydrogen-bond donors (Lipinski definition) is 0. The molecule has 0 unspecified atom stereocenters. The van der Waals surface area contributed by atoms with Gasteiger partial charge in [-0.1, -0.05) is 54.6 Å². The van der Waals surface area contributed by atoms with Crippen LogP contribution in [-0.4, -0.2) is 41.4 Å². The fraction of sp³-hybridized carbons (Fsp3) is 0.304. The zero-order valence-electron chi connectivity index (χ0n) is 16.2. The smallest absolute Gasteiger partial charge is 0.284 e. The molecule has 6 rings (SSSR count). The summed E-state index contributed by atoms with van der Waals surface area (Å²) in [5, 5.41) is 12.7. The lowest BCUT2D eigenvalue weighted by molar-refractivity contribution is -0.578. The molecule has 0 saturated carbocycles. The summed E-state index contributed by atoms with van der Waals surface area (Å²) in [4.78, 5) is 40.4. The van der Waals surface area contributed by atoms with Gasteiger partial charge in [0.15, 0.2) is 0 Å². The fourth-order valence-corrected chi connectivity index (χ4v) is 5.64. The van der Waals surface area contributed by atoms with E-state index in [1.807, 2.05) is 24.3 Å². The minimum Gasteiger partial charge on any atom is -0.376 e. The Bertz CT molecular complexity index is 1050. The van der Waals surface area contributed by atoms with Crippen LogP contribution in [0.2, 0.25) is 0 Å². The van der Waals surface area contributed by atoms with E-state index < -0.39 is 23.3 Å². The fourth-order valence-electron chi connectivity index (χ4n) is 5.64. The molecule has 30 heavy (non-hydrogen) atoms. The molecule has 7 heteroatoms. The van der Waals surface area contributed by atoms with E-state index in [9.17, 15) is 19.7 Å². The van der Waals surface area contributed by atoms with Crippen LogP contribution in [0.3, 0.4) is 0 Å². The number of hydrogen-bond acceptors (Lipinski definition) is 5. The number of ether oxygens (including phenoxy) is 1. The van der Waals surface area contributed by atoms with Gasteiger partial charge in [0.05, 0.1) is 25.7 Å². The van der Waals surface area contributed by atoms with Crippen molar-refractivity contribution in [3.63, 3.8) is 0 Å². The van der Waals surface area contributed by atoms with Gasteiger partial charge in [-0.05, 0) is 11.1 Å². The highest BCUT2D eigenvalue weighted by Crippen LogP contribution is 2.64. The number of carbonyl (C=O) groups is 2. The third-order valence-electron chi connectivity index (χ3n) is 6.65. The minimum absolute atomic E-state index is 0.0751. The van der Waals surface area contributed by atoms with Crippen molar-refractivity contribution in [2.24, 2.45) is 11.8 Å². The predicted octanol–water partition coefficient (Wildman–Crippen LogP) is 2.47. The lowest BCUT2D eigenvalue weighted by Gasteiger charge is -2.48. The first-order valence-electron chi connectivity index (χ1n) is 9.92. The highest BCUT2D eigenvalue weighted by atomic mass is 16.6. The van der Waals surface area contributed by atoms with E-state index in [1.165, 1.54) is 0 Å². The maximum Gasteiger partial charge on any atom is 0.284 e. The molecule has 0 N–H and O–H groups in total. The van der Waals surface area contributed by atoms with Crippen LogP contribution in [0.5, 0.6) is 0 Å². The minimum atomic E-state index is -1.77. The first-order valence-corrected chi connectivity index (χ1v) is 9.92. The Hall–Kier alpha value is -3.32. The Morgan fingerprint density at radius 3 is 2.23 bits per heavy atom. The van der Waals surface area contributed by atoms with Crippen LogP contribution in [0, 0.1) is 22.0 Å². The molecule has 2 amide bonds. The Kier molecular flexibility index (Phi) is 4.11. The summed E-state index contributed by atoms with van der Waals surface area (Å²) >= 11 is 0. The van der Waals surface area contributed by atoms with Crippen molar-refractivity contribution in [3.8, 4) is 0 Å². The number of imide groups is 1. The van der Waals surface area contributed by atoms with Crippen molar-refractivity contribution in [3.05, 3.63) is 93.6 Å². The molecule has 1 fully saturated rings. The second-order valence-corrected chi connectivity index (χ2v) is 7.87. The van der Waals surface area contributed by atoms with Gasteiger partial charge in [-0.15, -0.1) is 6.58 Å². The molecule has 7 nitrogen and oxygen atoms in total. The number of rotatable bonds is 6. The quantitative estimate of drug-likeness (QED) is 0.243. The Balaban J connectivity index is 1.70. The van der Waals surface area contributed by atoms with Crippen LogP contribution < -0.4 is 0 Å². The van der Waals surface area contributed by atoms with E-state index in [1.54, 1.807) is 30.3 Å². The topological polar surface area (TPSA) is 89.8 Å². The molecule has 1 saturated heterocycles. The first-order chi connectivity index (χ1) is 14.5. The van der Waals surface area contributed by atoms with Gasteiger partial charge >= 0.3 is 0 Å². The number of amides is 2. The van der Waals surface area contributed by atoms with E-state index in [0.717, 1.165) is 16.0 Å². The number of benzene rings is 2. The molecule has 3 aliphatic carbocycles. The molecule has 0 aromatic heterocycles. The predicted molar refractivity (Wildman–Crippen MR) is 107 cm³/mol. The van der Waals surface area contributed by atoms with E-state index in [-0.39, 0.29) is 29.9 Å². The van der Waals surface area contributed by atoms with Gasteiger partial charge < -0.3 is 4.74 Å². The van der Waals surface area contributed by atoms with Crippen LogP contribution in [0.4, 0.5) is 0 Å². The Morgan fingerprint density at radius 2 is 1.67 bits per heavy atom. The number of carbonyl (C=O) groups excluding carboxylic acids is 2. The molecular formula is C23H20N2O5. The average Bonchev–Trinajstić information content (AvgIpc) is 3.02. The van der Waals surface area contributed by atoms with E-state index >= 15 is 0 Å². The van der Waals surface area contributed by atoms with Crippen molar-refractivity contribution in [2.75, 3.05) is 19.8 Å². The molecule has 1 heterocycles. The first kappa shape index (κ1) is 18.7. The summed E-state index contributed by atoms with van der Waals surface area (Å²) in [7, 11) is 0. The summed E-state index contributed by atoms with van der Waals surface area (Å²) in [6.07, 6.45) is 1.59. The molecule has 1 aliphatic heterocycles. The van der Waals surface area contributed by atoms with Crippen LogP contribution in [0.15, 0.2) is 61.2 Å². The van der Waals surface area contributed by atoms with Gasteiger partial charge in [0.25, 0.3) is 5.54 Å². The zero-order valence-corrected chi connectivity index (χ0v) is 16.2. The maximum absolute atomic E-state index is 13.5. The molecule has 0 spiro atoms. The summed E-state index contributed by atoms with van der Waals surface area (Å²) in [5.41, 5.74) is 0.799. The van der Waals surface area contributed by atoms with Crippen molar-refractivity contribution in [2.45, 2.75) is 11.5 Å². The molecule has 2 aromatic carbocycles. The lowest BCUT2D eigenvalue weighted by Crippen LogP contribution is -2.57. The van der Waals surface area contributed by atoms with Crippen LogP contribution in [-0.2, 0) is 19.9 Å². The van der Waals surface area contributed by atoms with Crippen LogP contribution >= 0.6 is 0 Å². The molecule has 4 aliphatic rings. The largest absolute Gasteiger partial charge is 0.376 e. The molecule has 2 atom stereocenters. The van der Waals surface area contributed by atoms with E-state index in [2.05, 4.69) is 6.58 Å². The number of likely N-dealkylation sites (tertiary alicyclic amines) is 1. The standard InChI is InChI=1S/C23H20N2O5/c1-2-12-30-13-11-24-21(26)19-18-14-7-3-5-9-16(14)23(25(28)29,20(19)22(24)27)17-10-6-4-8-15(17)18/h2-10,18-20H,1,11-13H2/t18?,19-,20-,23?/m0/s1. The number of nitrogens with zero attached hydrogens (tertiary/aromatic N) is 2. The van der Waals surface area contributed by atoms with E-state index in [4.69, 9.17) is 4.74 Å². The SMILES string of the molecule is C=CCOCCN1C(=O)[C@@H]2[C@@H](C1=O)C1c3ccccc3C2([N+](=O)[O-])c2ccccc21. The third-order valence-corrected chi connectivity index (χ3v) is 6.65. The highest BCUT2D eigenvalue weighted by Gasteiger charge is 2.74. The summed E-state index contributed by atoms with van der Waals surface area (Å²) in [6.45, 7) is 4.12. The lowest BCUT2D eigenvalue weighted by atomic mass is 9.51. The monoisotopic (exact) mass is 404 g/mol. The molecule has 2 aromatic rings. The van der Waals surface area contributed by atoms with E-state index in [0.29, 0.717) is 17.7 Å². The second-order valence-electron chi connectivity index (χ2n) is 7.87. The molecule has 152 valence electrons. The van der Waals surface area contributed by atoms with Crippen molar-refractivity contribution >= 4 is 11.8 Å². The normalized spacial score (nSPS) is 28.1. The van der Waals surface area contributed by atoms with Gasteiger partial charge in [0.1, 0.15) is 5.92 Å². The summed E-state index contributed by atoms with van der Waals surface area (Å²) in [5.74, 6) is -3.06. The summed E-state index contributed by atoms with van der Waals surface area (Å²) in [6, 6.07) is 14.3. The van der Waals surface area contributed by atoms with Crippen LogP contribution in [0.25, 0.3) is 0 Å². The van der Waals surface area contributed by atoms with Gasteiger partial charge in [0.2, 0.25) is 11.8 Å². The average molecular weight is 404 g/mol. The van der Waals surface area contributed by atoms with Crippen molar-refractivity contribution in [1.29, 1.82) is 0 Å². The van der Waals surface area contributed by atoms with Gasteiger partial charge in [-0.3, -0.25) is 24.6 Å². The number of nitro groups is 1. The zero-order chi connectivity index (χ0) is 21.0. The molecule has 0 radical (unpaired) electrons. The van der Waals surface area contributed by atoms with Crippen molar-refractivity contribution < 1.29 is 19.2 Å². The molecule has 2 bridgehead atoms. The maximum atomic E-state index is 13.5. The Labute approximate surface area is 173 Å². The summed E-state index contributed by atoms with van der Waals surface area (Å²) < 4.78 is 5.36. The third kappa shape index (κ3) is 2.13. The van der Waals surface area contributed by atoms with Crippen LogP contribution in [0.1, 0.15) is 28.2 Å². The second kappa shape index (κ2) is 6.60. The highest BCUT2D eigenvalue weighted by molar-refractivity contribution is 6.08. The molecular weight excluding hydrogens is 384 g/mol. The van der Waals surface area contributed by atoms with Gasteiger partial charge in [-0.25, -0.2) is 0 Å².